The van der Waals surface area contributed by atoms with E-state index in [1.54, 1.807) is 38.1 Å². The molecule has 1 N–H and O–H groups in total. The number of anilines is 1. The van der Waals surface area contributed by atoms with Gasteiger partial charge in [0.15, 0.2) is 11.3 Å². The highest BCUT2D eigenvalue weighted by molar-refractivity contribution is 9.10. The second-order valence-corrected chi connectivity index (χ2v) is 6.44. The van der Waals surface area contributed by atoms with E-state index in [9.17, 15) is 14.4 Å². The van der Waals surface area contributed by atoms with Gasteiger partial charge in [-0.2, -0.15) is 0 Å². The van der Waals surface area contributed by atoms with Crippen LogP contribution in [-0.4, -0.2) is 30.6 Å². The minimum atomic E-state index is -0.676. The lowest BCUT2D eigenvalue weighted by Crippen LogP contribution is -2.20. The van der Waals surface area contributed by atoms with Gasteiger partial charge in [-0.1, -0.05) is 0 Å². The molecule has 0 bridgehead atoms. The highest BCUT2D eigenvalue weighted by Crippen LogP contribution is 2.15. The van der Waals surface area contributed by atoms with Crippen LogP contribution in [0.15, 0.2) is 51.6 Å². The first-order valence-corrected chi connectivity index (χ1v) is 8.84. The average molecular weight is 436 g/mol. The largest absolute Gasteiger partial charge is 0.459 e. The summed E-state index contributed by atoms with van der Waals surface area (Å²) in [5, 5.41) is 2.56. The minimum absolute atomic E-state index is 0.213. The maximum absolute atomic E-state index is 11.8. The summed E-state index contributed by atoms with van der Waals surface area (Å²) in [5.74, 6) is -1.15. The number of furan rings is 1. The fraction of sp³-hybridized carbons (Fsp3) is 0.211. The molecule has 0 atom stereocenters. The molecule has 0 aliphatic rings. The van der Waals surface area contributed by atoms with Crippen LogP contribution in [0.3, 0.4) is 0 Å². The lowest BCUT2D eigenvalue weighted by Gasteiger charge is -2.09. The molecule has 7 nitrogen and oxygen atoms in total. The van der Waals surface area contributed by atoms with Crippen molar-refractivity contribution in [1.82, 2.24) is 0 Å². The summed E-state index contributed by atoms with van der Waals surface area (Å²) in [6, 6.07) is 9.55. The Morgan fingerprint density at radius 3 is 2.44 bits per heavy atom. The van der Waals surface area contributed by atoms with Gasteiger partial charge in [0.2, 0.25) is 0 Å². The predicted molar refractivity (Wildman–Crippen MR) is 102 cm³/mol. The molecule has 1 amide bonds. The van der Waals surface area contributed by atoms with Crippen molar-refractivity contribution in [2.24, 2.45) is 0 Å². The highest BCUT2D eigenvalue weighted by atomic mass is 79.9. The van der Waals surface area contributed by atoms with Crippen molar-refractivity contribution in [3.8, 4) is 0 Å². The number of halogens is 1. The van der Waals surface area contributed by atoms with Gasteiger partial charge in [0.25, 0.3) is 5.91 Å². The van der Waals surface area contributed by atoms with E-state index >= 15 is 0 Å². The van der Waals surface area contributed by atoms with E-state index in [-0.39, 0.29) is 6.10 Å². The number of ether oxygens (including phenoxy) is 2. The van der Waals surface area contributed by atoms with Gasteiger partial charge in [0.05, 0.1) is 11.7 Å². The van der Waals surface area contributed by atoms with Gasteiger partial charge in [0, 0.05) is 11.8 Å². The van der Waals surface area contributed by atoms with Gasteiger partial charge in [-0.3, -0.25) is 4.79 Å². The van der Waals surface area contributed by atoms with Gasteiger partial charge >= 0.3 is 11.9 Å². The van der Waals surface area contributed by atoms with Gasteiger partial charge < -0.3 is 19.2 Å². The summed E-state index contributed by atoms with van der Waals surface area (Å²) in [4.78, 5) is 35.2. The number of carbonyl (C=O) groups is 3. The van der Waals surface area contributed by atoms with Crippen LogP contribution < -0.4 is 5.32 Å². The van der Waals surface area contributed by atoms with Crippen LogP contribution in [0.4, 0.5) is 5.69 Å². The van der Waals surface area contributed by atoms with Crippen molar-refractivity contribution in [3.63, 3.8) is 0 Å². The lowest BCUT2D eigenvalue weighted by atomic mass is 10.2. The molecule has 0 spiro atoms. The third kappa shape index (κ3) is 7.10. The number of hydrogen-bond donors (Lipinski definition) is 1. The quantitative estimate of drug-likeness (QED) is 0.524. The van der Waals surface area contributed by atoms with Crippen LogP contribution in [0.25, 0.3) is 6.08 Å². The number of rotatable bonds is 7. The van der Waals surface area contributed by atoms with Crippen LogP contribution in [-0.2, 0) is 19.1 Å². The lowest BCUT2D eigenvalue weighted by molar-refractivity contribution is -0.142. The second kappa shape index (κ2) is 9.72. The summed E-state index contributed by atoms with van der Waals surface area (Å²) in [6.07, 6.45) is 2.38. The van der Waals surface area contributed by atoms with Crippen LogP contribution in [0.1, 0.15) is 30.0 Å². The number of amides is 1. The number of nitrogens with one attached hydrogen (secondary N) is 1. The zero-order chi connectivity index (χ0) is 19.8. The molecule has 27 heavy (non-hydrogen) atoms. The van der Waals surface area contributed by atoms with E-state index in [4.69, 9.17) is 13.9 Å². The number of esters is 2. The molecule has 0 unspecified atom stereocenters. The molecular formula is C19H18BrNO6. The first-order valence-electron chi connectivity index (χ1n) is 8.04. The van der Waals surface area contributed by atoms with Crippen molar-refractivity contribution < 1.29 is 28.3 Å². The smallest absolute Gasteiger partial charge is 0.338 e. The third-order valence-corrected chi connectivity index (χ3v) is 3.50. The summed E-state index contributed by atoms with van der Waals surface area (Å²) in [7, 11) is 0. The zero-order valence-electron chi connectivity index (χ0n) is 14.7. The van der Waals surface area contributed by atoms with E-state index in [2.05, 4.69) is 21.2 Å². The first kappa shape index (κ1) is 20.4. The number of hydrogen-bond acceptors (Lipinski definition) is 6. The molecule has 0 aliphatic heterocycles. The van der Waals surface area contributed by atoms with Crippen molar-refractivity contribution >= 4 is 45.5 Å². The summed E-state index contributed by atoms with van der Waals surface area (Å²) < 4.78 is 15.7. The number of benzene rings is 1. The Kier molecular flexibility index (Phi) is 7.36. The maximum Gasteiger partial charge on any atom is 0.338 e. The van der Waals surface area contributed by atoms with Crippen molar-refractivity contribution in [1.29, 1.82) is 0 Å². The maximum atomic E-state index is 11.8. The van der Waals surface area contributed by atoms with Gasteiger partial charge in [-0.25, -0.2) is 9.59 Å². The van der Waals surface area contributed by atoms with Crippen molar-refractivity contribution in [2.45, 2.75) is 20.0 Å². The average Bonchev–Trinajstić information content (AvgIpc) is 3.03. The Morgan fingerprint density at radius 1 is 1.15 bits per heavy atom. The van der Waals surface area contributed by atoms with Gasteiger partial charge in [-0.15, -0.1) is 0 Å². The fourth-order valence-corrected chi connectivity index (χ4v) is 2.24. The van der Waals surface area contributed by atoms with Crippen LogP contribution in [0, 0.1) is 0 Å². The molecule has 0 saturated heterocycles. The molecule has 0 saturated carbocycles. The van der Waals surface area contributed by atoms with Crippen LogP contribution in [0.2, 0.25) is 0 Å². The third-order valence-electron chi connectivity index (χ3n) is 3.07. The fourth-order valence-electron chi connectivity index (χ4n) is 1.92. The van der Waals surface area contributed by atoms with Crippen LogP contribution >= 0.6 is 15.9 Å². The van der Waals surface area contributed by atoms with Crippen LogP contribution in [0.5, 0.6) is 0 Å². The molecule has 1 aromatic heterocycles. The molecule has 8 heteroatoms. The molecule has 2 aromatic rings. The van der Waals surface area contributed by atoms with E-state index in [1.807, 2.05) is 0 Å². The topological polar surface area (TPSA) is 94.8 Å². The molecule has 0 radical (unpaired) electrons. The Balaban J connectivity index is 1.79. The molecule has 1 heterocycles. The Labute approximate surface area is 164 Å². The molecule has 0 fully saturated rings. The van der Waals surface area contributed by atoms with Crippen molar-refractivity contribution in [2.75, 3.05) is 11.9 Å². The van der Waals surface area contributed by atoms with Crippen molar-refractivity contribution in [3.05, 3.63) is 58.5 Å². The number of carbonyl (C=O) groups excluding carboxylic acids is 3. The van der Waals surface area contributed by atoms with E-state index in [0.717, 1.165) is 6.08 Å². The summed E-state index contributed by atoms with van der Waals surface area (Å²) in [6.45, 7) is 3.08. The monoisotopic (exact) mass is 435 g/mol. The summed E-state index contributed by atoms with van der Waals surface area (Å²) in [5.41, 5.74) is 0.843. The normalized spacial score (nSPS) is 10.8. The second-order valence-electron chi connectivity index (χ2n) is 5.66. The van der Waals surface area contributed by atoms with Gasteiger partial charge in [-0.05, 0) is 72.3 Å². The minimum Gasteiger partial charge on any atom is -0.459 e. The highest BCUT2D eigenvalue weighted by Gasteiger charge is 2.10. The molecule has 1 aromatic carbocycles. The zero-order valence-corrected chi connectivity index (χ0v) is 16.3. The predicted octanol–water partition coefficient (Wildman–Crippen LogP) is 3.80. The Hall–Kier alpha value is -2.87. The molecular weight excluding hydrogens is 418 g/mol. The van der Waals surface area contributed by atoms with Gasteiger partial charge in [0.1, 0.15) is 5.76 Å². The van der Waals surface area contributed by atoms with E-state index < -0.39 is 24.5 Å². The Morgan fingerprint density at radius 2 is 1.85 bits per heavy atom. The standard InChI is InChI=1S/C19H18BrNO6/c1-12(2)26-19(24)13-3-5-14(6-4-13)21-17(22)11-25-18(23)10-8-15-7-9-16(20)27-15/h3-10,12H,11H2,1-2H3,(H,21,22)/b10-8+. The van der Waals surface area contributed by atoms with E-state index in [0.29, 0.717) is 21.7 Å². The SMILES string of the molecule is CC(C)OC(=O)c1ccc(NC(=O)COC(=O)/C=C/c2ccc(Br)o2)cc1. The molecule has 142 valence electrons. The molecule has 0 aliphatic carbocycles. The first-order chi connectivity index (χ1) is 12.8. The molecule has 2 rings (SSSR count). The van der Waals surface area contributed by atoms with E-state index in [1.165, 1.54) is 18.2 Å². The Bertz CT molecular complexity index is 838. The summed E-state index contributed by atoms with van der Waals surface area (Å²) >= 11 is 3.15.